The highest BCUT2D eigenvalue weighted by Crippen LogP contribution is 2.37. The fraction of sp³-hybridized carbons (Fsp3) is 0.190. The van der Waals surface area contributed by atoms with Gasteiger partial charge in [0.1, 0.15) is 17.6 Å². The fourth-order valence-electron chi connectivity index (χ4n) is 3.55. The predicted octanol–water partition coefficient (Wildman–Crippen LogP) is 2.81. The Labute approximate surface area is 171 Å². The molecule has 9 nitrogen and oxygen atoms in total. The Morgan fingerprint density at radius 3 is 2.80 bits per heavy atom. The molecule has 5 rings (SSSR count). The van der Waals surface area contributed by atoms with Gasteiger partial charge in [0.05, 0.1) is 19.7 Å². The zero-order chi connectivity index (χ0) is 20.7. The molecule has 1 unspecified atom stereocenters. The summed E-state index contributed by atoms with van der Waals surface area (Å²) in [6.07, 6.45) is 1.64. The second-order valence-electron chi connectivity index (χ2n) is 6.91. The first-order valence-corrected chi connectivity index (χ1v) is 9.34. The van der Waals surface area contributed by atoms with Crippen LogP contribution in [0.3, 0.4) is 0 Å². The smallest absolute Gasteiger partial charge is 0.249 e. The van der Waals surface area contributed by atoms with Crippen molar-refractivity contribution in [2.75, 3.05) is 24.5 Å². The number of anilines is 2. The summed E-state index contributed by atoms with van der Waals surface area (Å²) in [6, 6.07) is 11.8. The van der Waals surface area contributed by atoms with Crippen molar-refractivity contribution in [3.05, 3.63) is 48.7 Å². The van der Waals surface area contributed by atoms with Crippen molar-refractivity contribution in [1.29, 1.82) is 0 Å². The SMILES string of the molecule is COc1ccc(-c2cnn3c2NC(=O)CC3C(=O)Nc2ccc3c(c2)OCO3)cc1. The summed E-state index contributed by atoms with van der Waals surface area (Å²) in [5.41, 5.74) is 2.14. The Morgan fingerprint density at radius 1 is 1.20 bits per heavy atom. The average molecular weight is 406 g/mol. The molecule has 3 heterocycles. The first-order chi connectivity index (χ1) is 14.6. The second-order valence-corrected chi connectivity index (χ2v) is 6.91. The van der Waals surface area contributed by atoms with Crippen LogP contribution < -0.4 is 24.8 Å². The number of nitrogens with zero attached hydrogens (tertiary/aromatic N) is 2. The number of amides is 2. The molecule has 1 atom stereocenters. The van der Waals surface area contributed by atoms with Gasteiger partial charge in [-0.3, -0.25) is 9.59 Å². The summed E-state index contributed by atoms with van der Waals surface area (Å²) in [5.74, 6) is 1.82. The Bertz CT molecular complexity index is 1140. The van der Waals surface area contributed by atoms with E-state index in [-0.39, 0.29) is 25.0 Å². The van der Waals surface area contributed by atoms with Crippen LogP contribution in [0, 0.1) is 0 Å². The van der Waals surface area contributed by atoms with Crippen LogP contribution in [-0.2, 0) is 9.59 Å². The van der Waals surface area contributed by atoms with E-state index in [1.807, 2.05) is 24.3 Å². The van der Waals surface area contributed by atoms with Crippen molar-refractivity contribution in [3.63, 3.8) is 0 Å². The Hall–Kier alpha value is -4.01. The summed E-state index contributed by atoms with van der Waals surface area (Å²) in [7, 11) is 1.60. The monoisotopic (exact) mass is 406 g/mol. The van der Waals surface area contributed by atoms with Gasteiger partial charge in [0.2, 0.25) is 18.6 Å². The summed E-state index contributed by atoms with van der Waals surface area (Å²) in [4.78, 5) is 25.3. The molecule has 3 aromatic rings. The minimum atomic E-state index is -0.772. The quantitative estimate of drug-likeness (QED) is 0.691. The number of carbonyl (C=O) groups is 2. The third kappa shape index (κ3) is 3.10. The molecule has 0 fully saturated rings. The third-order valence-electron chi connectivity index (χ3n) is 5.07. The number of rotatable bonds is 4. The maximum absolute atomic E-state index is 13.0. The first kappa shape index (κ1) is 18.0. The molecule has 0 saturated carbocycles. The van der Waals surface area contributed by atoms with Gasteiger partial charge in [-0.2, -0.15) is 5.10 Å². The summed E-state index contributed by atoms with van der Waals surface area (Å²) in [6.45, 7) is 0.153. The third-order valence-corrected chi connectivity index (χ3v) is 5.07. The van der Waals surface area contributed by atoms with E-state index < -0.39 is 6.04 Å². The number of methoxy groups -OCH3 is 1. The highest BCUT2D eigenvalue weighted by Gasteiger charge is 2.33. The Morgan fingerprint density at radius 2 is 2.00 bits per heavy atom. The van der Waals surface area contributed by atoms with Gasteiger partial charge in [0.25, 0.3) is 0 Å². The number of carbonyl (C=O) groups excluding carboxylic acids is 2. The lowest BCUT2D eigenvalue weighted by atomic mass is 10.1. The molecule has 0 aliphatic carbocycles. The molecule has 1 aromatic heterocycles. The van der Waals surface area contributed by atoms with Crippen LogP contribution >= 0.6 is 0 Å². The van der Waals surface area contributed by atoms with Crippen LogP contribution in [0.15, 0.2) is 48.7 Å². The number of fused-ring (bicyclic) bond motifs is 2. The molecular weight excluding hydrogens is 388 g/mol. The number of hydrogen-bond donors (Lipinski definition) is 2. The van der Waals surface area contributed by atoms with E-state index in [9.17, 15) is 9.59 Å². The summed E-state index contributed by atoms with van der Waals surface area (Å²) >= 11 is 0. The van der Waals surface area contributed by atoms with Crippen LogP contribution in [0.2, 0.25) is 0 Å². The second kappa shape index (κ2) is 7.11. The van der Waals surface area contributed by atoms with Gasteiger partial charge >= 0.3 is 0 Å². The normalized spacial score (nSPS) is 16.6. The van der Waals surface area contributed by atoms with E-state index in [1.54, 1.807) is 36.2 Å². The molecule has 2 aliphatic heterocycles. The van der Waals surface area contributed by atoms with E-state index >= 15 is 0 Å². The van der Waals surface area contributed by atoms with Crippen LogP contribution in [0.25, 0.3) is 11.1 Å². The van der Waals surface area contributed by atoms with Crippen LogP contribution in [0.4, 0.5) is 11.5 Å². The molecule has 2 N–H and O–H groups in total. The highest BCUT2D eigenvalue weighted by atomic mass is 16.7. The Kier molecular flexibility index (Phi) is 4.27. The molecule has 152 valence electrons. The molecule has 2 aliphatic rings. The molecule has 30 heavy (non-hydrogen) atoms. The van der Waals surface area contributed by atoms with E-state index in [4.69, 9.17) is 14.2 Å². The van der Waals surface area contributed by atoms with E-state index in [0.717, 1.165) is 16.9 Å². The number of aromatic nitrogens is 2. The summed E-state index contributed by atoms with van der Waals surface area (Å²) < 4.78 is 17.4. The minimum absolute atomic E-state index is 0.00683. The van der Waals surface area contributed by atoms with E-state index in [2.05, 4.69) is 15.7 Å². The topological polar surface area (TPSA) is 104 Å². The number of ether oxygens (including phenoxy) is 3. The standard InChI is InChI=1S/C21H18N4O5/c1-28-14-5-2-12(3-6-14)15-10-22-25-16(9-19(26)24-20(15)25)21(27)23-13-4-7-17-18(8-13)30-11-29-17/h2-8,10,16H,9,11H2,1H3,(H,23,27)(H,24,26). The zero-order valence-corrected chi connectivity index (χ0v) is 16.0. The molecule has 2 aromatic carbocycles. The van der Waals surface area contributed by atoms with Gasteiger partial charge in [0, 0.05) is 17.3 Å². The van der Waals surface area contributed by atoms with Gasteiger partial charge in [-0.15, -0.1) is 0 Å². The van der Waals surface area contributed by atoms with Gasteiger partial charge < -0.3 is 24.8 Å². The van der Waals surface area contributed by atoms with Crippen molar-refractivity contribution < 1.29 is 23.8 Å². The van der Waals surface area contributed by atoms with E-state index in [1.165, 1.54) is 0 Å². The van der Waals surface area contributed by atoms with Gasteiger partial charge in [0.15, 0.2) is 11.5 Å². The van der Waals surface area contributed by atoms with E-state index in [0.29, 0.717) is 23.0 Å². The summed E-state index contributed by atoms with van der Waals surface area (Å²) in [5, 5.41) is 10.0. The fourth-order valence-corrected chi connectivity index (χ4v) is 3.55. The van der Waals surface area contributed by atoms with Crippen molar-refractivity contribution in [3.8, 4) is 28.4 Å². The lowest BCUT2D eigenvalue weighted by Gasteiger charge is -2.24. The van der Waals surface area contributed by atoms with Crippen LogP contribution in [-0.4, -0.2) is 35.5 Å². The molecule has 9 heteroatoms. The highest BCUT2D eigenvalue weighted by molar-refractivity contribution is 6.03. The molecular formula is C21H18N4O5. The van der Waals surface area contributed by atoms with Crippen LogP contribution in [0.5, 0.6) is 17.2 Å². The lowest BCUT2D eigenvalue weighted by molar-refractivity contribution is -0.125. The largest absolute Gasteiger partial charge is 0.497 e. The van der Waals surface area contributed by atoms with Gasteiger partial charge in [-0.05, 0) is 29.8 Å². The molecule has 0 saturated heterocycles. The van der Waals surface area contributed by atoms with Crippen molar-refractivity contribution in [1.82, 2.24) is 9.78 Å². The number of benzene rings is 2. The lowest BCUT2D eigenvalue weighted by Crippen LogP contribution is -2.35. The maximum Gasteiger partial charge on any atom is 0.249 e. The predicted molar refractivity (Wildman–Crippen MR) is 108 cm³/mol. The first-order valence-electron chi connectivity index (χ1n) is 9.34. The van der Waals surface area contributed by atoms with Crippen molar-refractivity contribution in [2.24, 2.45) is 0 Å². The molecule has 0 radical (unpaired) electrons. The number of nitrogens with one attached hydrogen (secondary N) is 2. The van der Waals surface area contributed by atoms with Gasteiger partial charge in [-0.25, -0.2) is 4.68 Å². The molecule has 2 amide bonds. The van der Waals surface area contributed by atoms with Crippen molar-refractivity contribution in [2.45, 2.75) is 12.5 Å². The zero-order valence-electron chi connectivity index (χ0n) is 16.0. The molecule has 0 bridgehead atoms. The maximum atomic E-state index is 13.0. The van der Waals surface area contributed by atoms with Crippen LogP contribution in [0.1, 0.15) is 12.5 Å². The average Bonchev–Trinajstić information content (AvgIpc) is 3.39. The van der Waals surface area contributed by atoms with Gasteiger partial charge in [-0.1, -0.05) is 12.1 Å². The van der Waals surface area contributed by atoms with Crippen molar-refractivity contribution >= 4 is 23.3 Å². The number of hydrogen-bond acceptors (Lipinski definition) is 6. The molecule has 0 spiro atoms. The minimum Gasteiger partial charge on any atom is -0.497 e. The Balaban J connectivity index is 1.43.